The van der Waals surface area contributed by atoms with Crippen molar-refractivity contribution < 1.29 is 9.90 Å². The van der Waals surface area contributed by atoms with E-state index in [9.17, 15) is 4.79 Å². The highest BCUT2D eigenvalue weighted by Gasteiger charge is 2.16. The summed E-state index contributed by atoms with van der Waals surface area (Å²) in [6.45, 7) is 1.62. The van der Waals surface area contributed by atoms with Crippen LogP contribution in [0.4, 0.5) is 0 Å². The van der Waals surface area contributed by atoms with E-state index in [-0.39, 0.29) is 0 Å². The van der Waals surface area contributed by atoms with Crippen LogP contribution in [0.15, 0.2) is 41.8 Å². The van der Waals surface area contributed by atoms with E-state index in [1.54, 1.807) is 11.6 Å². The maximum Gasteiger partial charge on any atom is 0.316 e. The molecule has 17 heavy (non-hydrogen) atoms. The van der Waals surface area contributed by atoms with Crippen molar-refractivity contribution in [3.8, 4) is 5.69 Å². The Morgan fingerprint density at radius 2 is 2.12 bits per heavy atom. The van der Waals surface area contributed by atoms with Gasteiger partial charge in [-0.2, -0.15) is 5.10 Å². The molecule has 2 aromatic rings. The van der Waals surface area contributed by atoms with Crippen molar-refractivity contribution in [3.63, 3.8) is 0 Å². The molecule has 0 aliphatic heterocycles. The Kier molecular flexibility index (Phi) is 3.43. The van der Waals surface area contributed by atoms with Crippen LogP contribution < -0.4 is 0 Å². The number of thioether (sulfide) groups is 1. The van der Waals surface area contributed by atoms with Crippen LogP contribution in [-0.2, 0) is 4.79 Å². The van der Waals surface area contributed by atoms with Gasteiger partial charge in [-0.3, -0.25) is 4.79 Å². The summed E-state index contributed by atoms with van der Waals surface area (Å²) in [6.07, 6.45) is 1.42. The van der Waals surface area contributed by atoms with Gasteiger partial charge in [0.2, 0.25) is 0 Å². The van der Waals surface area contributed by atoms with Crippen molar-refractivity contribution in [3.05, 3.63) is 36.7 Å². The molecule has 0 unspecified atom stereocenters. The predicted octanol–water partition coefficient (Wildman–Crippen LogP) is 1.83. The smallest absolute Gasteiger partial charge is 0.316 e. The zero-order chi connectivity index (χ0) is 12.3. The van der Waals surface area contributed by atoms with E-state index in [1.807, 2.05) is 30.3 Å². The van der Waals surface area contributed by atoms with Crippen molar-refractivity contribution in [2.75, 3.05) is 0 Å². The number of hydrogen-bond acceptors (Lipinski definition) is 4. The number of aliphatic carboxylic acids is 1. The average Bonchev–Trinajstić information content (AvgIpc) is 2.78. The molecule has 0 saturated carbocycles. The van der Waals surface area contributed by atoms with Crippen molar-refractivity contribution in [2.24, 2.45) is 0 Å². The standard InChI is InChI=1S/C11H11N3O2S/c1-8(10(15)16)17-11-12-7-13-14(11)9-5-3-2-4-6-9/h2-8H,1H3,(H,15,16)/t8-/m0/s1. The molecule has 5 nitrogen and oxygen atoms in total. The van der Waals surface area contributed by atoms with Crippen molar-refractivity contribution in [1.29, 1.82) is 0 Å². The summed E-state index contributed by atoms with van der Waals surface area (Å²) < 4.78 is 1.63. The van der Waals surface area contributed by atoms with E-state index in [0.717, 1.165) is 5.69 Å². The second kappa shape index (κ2) is 5.01. The third-order valence-corrected chi connectivity index (χ3v) is 3.19. The largest absolute Gasteiger partial charge is 0.480 e. The van der Waals surface area contributed by atoms with E-state index in [0.29, 0.717) is 5.16 Å². The second-order valence-corrected chi connectivity index (χ2v) is 4.70. The summed E-state index contributed by atoms with van der Waals surface area (Å²) in [6, 6.07) is 9.49. The van der Waals surface area contributed by atoms with Crippen molar-refractivity contribution >= 4 is 17.7 Å². The number of carboxylic acids is 1. The number of aromatic nitrogens is 3. The zero-order valence-corrected chi connectivity index (χ0v) is 9.96. The summed E-state index contributed by atoms with van der Waals surface area (Å²) in [4.78, 5) is 14.9. The molecule has 1 N–H and O–H groups in total. The molecule has 0 spiro atoms. The van der Waals surface area contributed by atoms with Gasteiger partial charge in [0.15, 0.2) is 5.16 Å². The van der Waals surface area contributed by atoms with Gasteiger partial charge in [-0.1, -0.05) is 30.0 Å². The minimum atomic E-state index is -0.863. The van der Waals surface area contributed by atoms with Gasteiger partial charge in [-0.05, 0) is 19.1 Å². The topological polar surface area (TPSA) is 68.0 Å². The third-order valence-electron chi connectivity index (χ3n) is 2.15. The Hall–Kier alpha value is -1.82. The highest BCUT2D eigenvalue weighted by atomic mass is 32.2. The van der Waals surface area contributed by atoms with Gasteiger partial charge in [-0.25, -0.2) is 9.67 Å². The van der Waals surface area contributed by atoms with Gasteiger partial charge in [0.25, 0.3) is 0 Å². The molecule has 1 aromatic heterocycles. The second-order valence-electron chi connectivity index (χ2n) is 3.39. The molecule has 1 atom stereocenters. The highest BCUT2D eigenvalue weighted by molar-refractivity contribution is 8.00. The fourth-order valence-corrected chi connectivity index (χ4v) is 2.04. The van der Waals surface area contributed by atoms with Crippen LogP contribution in [0.1, 0.15) is 6.92 Å². The quantitative estimate of drug-likeness (QED) is 0.837. The SMILES string of the molecule is C[C@H](Sc1ncnn1-c1ccccc1)C(=O)O. The summed E-state index contributed by atoms with van der Waals surface area (Å²) >= 11 is 1.17. The van der Waals surface area contributed by atoms with Gasteiger partial charge in [0.1, 0.15) is 11.6 Å². The number of para-hydroxylation sites is 1. The number of benzene rings is 1. The third kappa shape index (κ3) is 2.65. The lowest BCUT2D eigenvalue weighted by atomic mass is 10.3. The number of hydrogen-bond donors (Lipinski definition) is 1. The van der Waals surface area contributed by atoms with Crippen LogP contribution in [-0.4, -0.2) is 31.1 Å². The molecule has 0 aliphatic carbocycles. The molecule has 1 aromatic carbocycles. The molecular formula is C11H11N3O2S. The fourth-order valence-electron chi connectivity index (χ4n) is 1.27. The molecule has 0 aliphatic rings. The van der Waals surface area contributed by atoms with Gasteiger partial charge in [0, 0.05) is 0 Å². The Labute approximate surface area is 102 Å². The monoisotopic (exact) mass is 249 g/mol. The van der Waals surface area contributed by atoms with Crippen molar-refractivity contribution in [2.45, 2.75) is 17.3 Å². The minimum absolute atomic E-state index is 0.554. The van der Waals surface area contributed by atoms with Crippen LogP contribution in [0.2, 0.25) is 0 Å². The fraction of sp³-hybridized carbons (Fsp3) is 0.182. The molecule has 2 rings (SSSR count). The lowest BCUT2D eigenvalue weighted by Crippen LogP contribution is -2.12. The predicted molar refractivity (Wildman–Crippen MR) is 64.3 cm³/mol. The number of nitrogens with zero attached hydrogens (tertiary/aromatic N) is 3. The maximum absolute atomic E-state index is 10.8. The van der Waals surface area contributed by atoms with E-state index in [4.69, 9.17) is 5.11 Å². The summed E-state index contributed by atoms with van der Waals surface area (Å²) in [5, 5.41) is 13.0. The lowest BCUT2D eigenvalue weighted by Gasteiger charge is -2.07. The maximum atomic E-state index is 10.8. The first-order valence-corrected chi connectivity index (χ1v) is 5.91. The number of rotatable bonds is 4. The van der Waals surface area contributed by atoms with Gasteiger partial charge in [-0.15, -0.1) is 0 Å². The van der Waals surface area contributed by atoms with E-state index >= 15 is 0 Å². The zero-order valence-electron chi connectivity index (χ0n) is 9.15. The molecule has 0 radical (unpaired) electrons. The first kappa shape index (κ1) is 11.7. The number of carboxylic acid groups (broad SMARTS) is 1. The molecule has 1 heterocycles. The van der Waals surface area contributed by atoms with Crippen molar-refractivity contribution in [1.82, 2.24) is 14.8 Å². The summed E-state index contributed by atoms with van der Waals surface area (Å²) in [5.74, 6) is -0.863. The van der Waals surface area contributed by atoms with Crippen LogP contribution in [0.5, 0.6) is 0 Å². The normalized spacial score (nSPS) is 12.3. The summed E-state index contributed by atoms with van der Waals surface area (Å²) in [7, 11) is 0. The Morgan fingerprint density at radius 3 is 2.76 bits per heavy atom. The van der Waals surface area contributed by atoms with E-state index in [1.165, 1.54) is 18.1 Å². The lowest BCUT2D eigenvalue weighted by molar-refractivity contribution is -0.136. The molecular weight excluding hydrogens is 238 g/mol. The molecule has 0 fully saturated rings. The first-order valence-electron chi connectivity index (χ1n) is 5.03. The Balaban J connectivity index is 2.26. The first-order chi connectivity index (χ1) is 8.18. The van der Waals surface area contributed by atoms with Crippen LogP contribution in [0.25, 0.3) is 5.69 Å². The Morgan fingerprint density at radius 1 is 1.41 bits per heavy atom. The van der Waals surface area contributed by atoms with Crippen LogP contribution >= 0.6 is 11.8 Å². The van der Waals surface area contributed by atoms with Gasteiger partial charge >= 0.3 is 5.97 Å². The van der Waals surface area contributed by atoms with Crippen LogP contribution in [0, 0.1) is 0 Å². The Bertz CT molecular complexity index is 512. The summed E-state index contributed by atoms with van der Waals surface area (Å²) in [5.41, 5.74) is 0.866. The molecule has 0 saturated heterocycles. The molecule has 0 bridgehead atoms. The minimum Gasteiger partial charge on any atom is -0.480 e. The van der Waals surface area contributed by atoms with Gasteiger partial charge in [0.05, 0.1) is 5.69 Å². The highest BCUT2D eigenvalue weighted by Crippen LogP contribution is 2.23. The molecule has 0 amide bonds. The molecule has 88 valence electrons. The van der Waals surface area contributed by atoms with E-state index in [2.05, 4.69) is 10.1 Å². The van der Waals surface area contributed by atoms with Crippen LogP contribution in [0.3, 0.4) is 0 Å². The van der Waals surface area contributed by atoms with E-state index < -0.39 is 11.2 Å². The number of carbonyl (C=O) groups is 1. The molecule has 6 heteroatoms. The van der Waals surface area contributed by atoms with Gasteiger partial charge < -0.3 is 5.11 Å². The average molecular weight is 249 g/mol.